The Morgan fingerprint density at radius 3 is 0.651 bits per heavy atom. The molecular formula is C74H100O10P2. The van der Waals surface area contributed by atoms with Crippen LogP contribution in [-0.4, -0.2) is 42.0 Å². The van der Waals surface area contributed by atoms with Gasteiger partial charge in [0, 0.05) is 87.5 Å². The topological polar surface area (TPSA) is 108 Å². The third-order valence-corrected chi connectivity index (χ3v) is 23.0. The minimum Gasteiger partial charge on any atom is -0.496 e. The number of methoxy groups -OCH3 is 4. The first-order valence-corrected chi connectivity index (χ1v) is 33.7. The fourth-order valence-electron chi connectivity index (χ4n) is 12.3. The van der Waals surface area contributed by atoms with E-state index in [1.807, 2.05) is 24.3 Å². The molecule has 6 aromatic rings. The summed E-state index contributed by atoms with van der Waals surface area (Å²) in [6.45, 7) is 51.8. The van der Waals surface area contributed by atoms with Crippen molar-refractivity contribution in [1.82, 2.24) is 0 Å². The first-order valence-electron chi connectivity index (χ1n) is 30.3. The summed E-state index contributed by atoms with van der Waals surface area (Å²) in [6, 6.07) is 24.4. The summed E-state index contributed by atoms with van der Waals surface area (Å²) in [7, 11) is -1.74. The molecular weight excluding hydrogens is 1110 g/mol. The molecule has 86 heavy (non-hydrogen) atoms. The fraction of sp³-hybridized carbons (Fsp3) is 0.514. The van der Waals surface area contributed by atoms with Crippen LogP contribution >= 0.6 is 14.3 Å². The molecule has 0 aliphatic carbocycles. The molecule has 10 nitrogen and oxygen atoms in total. The van der Waals surface area contributed by atoms with Crippen molar-refractivity contribution in [2.24, 2.45) is 0 Å². The molecule has 0 saturated carbocycles. The standard InChI is InChI=1S/C74H100O10P2/c1-67(2,3)47-33-43(34-48(61(47)77-25)68(4,5)6)85(75,44-35-49(69(7,8)9)62(78-26)50(36-44)70(10,11)12)57-31-29-55-65(83-41-81-55)59(57)60-58(32-30-56-66(60)84-42-82-56)86(76,45-37-51(71(13,14)15)63(79-27)52(38-45)72(16,17)18)46-39-53(73(19,20)21)64(80-28)54(40-46)74(22,23)24/h29-40H,41-42H2,1-28H3. The van der Waals surface area contributed by atoms with Crippen LogP contribution in [-0.2, 0) is 52.5 Å². The molecule has 0 saturated heterocycles. The third-order valence-electron chi connectivity index (χ3n) is 17.0. The van der Waals surface area contributed by atoms with Gasteiger partial charge in [-0.05, 0) is 116 Å². The normalized spacial score (nSPS) is 14.4. The van der Waals surface area contributed by atoms with Crippen molar-refractivity contribution in [2.75, 3.05) is 42.0 Å². The van der Waals surface area contributed by atoms with Gasteiger partial charge in [0.05, 0.1) is 28.4 Å². The Labute approximate surface area is 516 Å². The smallest absolute Gasteiger partial charge is 0.231 e. The minimum absolute atomic E-state index is 0.115. The molecule has 0 amide bonds. The summed E-state index contributed by atoms with van der Waals surface area (Å²) in [4.78, 5) is 0. The molecule has 0 fully saturated rings. The monoisotopic (exact) mass is 1210 g/mol. The Morgan fingerprint density at radius 1 is 0.302 bits per heavy atom. The lowest BCUT2D eigenvalue weighted by molar-refractivity contribution is 0.173. The molecule has 0 bridgehead atoms. The van der Waals surface area contributed by atoms with Gasteiger partial charge in [-0.3, -0.25) is 0 Å². The molecule has 0 atom stereocenters. The Bertz CT molecular complexity index is 3170. The van der Waals surface area contributed by atoms with Crippen molar-refractivity contribution in [3.63, 3.8) is 0 Å². The van der Waals surface area contributed by atoms with E-state index in [-0.39, 0.29) is 13.6 Å². The average Bonchev–Trinajstić information content (AvgIpc) is 0.977. The summed E-state index contributed by atoms with van der Waals surface area (Å²) >= 11 is 0. The van der Waals surface area contributed by atoms with Crippen LogP contribution < -0.4 is 69.7 Å². The molecule has 2 aliphatic rings. The van der Waals surface area contributed by atoms with Crippen molar-refractivity contribution < 1.29 is 47.0 Å². The van der Waals surface area contributed by atoms with E-state index in [2.05, 4.69) is 215 Å². The second-order valence-electron chi connectivity index (χ2n) is 31.9. The van der Waals surface area contributed by atoms with E-state index in [0.717, 1.165) is 67.5 Å². The second kappa shape index (κ2) is 22.0. The van der Waals surface area contributed by atoms with Crippen LogP contribution in [0.15, 0.2) is 72.8 Å². The van der Waals surface area contributed by atoms with Gasteiger partial charge in [0.1, 0.15) is 23.0 Å². The lowest BCUT2D eigenvalue weighted by Crippen LogP contribution is -2.34. The quantitative estimate of drug-likeness (QED) is 0.116. The van der Waals surface area contributed by atoms with Crippen LogP contribution in [0.3, 0.4) is 0 Å². The first kappa shape index (κ1) is 66.1. The lowest BCUT2D eigenvalue weighted by atomic mass is 9.79. The predicted octanol–water partition coefficient (Wildman–Crippen LogP) is 16.5. The molecule has 0 radical (unpaired) electrons. The SMILES string of the molecule is COc1c(C(C)(C)C)cc(P(=O)(c2cc(C(C)(C)C)c(OC)c(C(C)(C)C)c2)c2ccc3c(c2-c2c(P(=O)(c4cc(C(C)(C)C)c(OC)c(C(C)(C)C)c4)c4cc(C(C)(C)C)c(OC)c(C(C)(C)C)c4)ccc4c2OCO4)OCO3)cc1C(C)(C)C. The summed E-state index contributed by atoms with van der Waals surface area (Å²) in [5, 5.41) is 3.24. The van der Waals surface area contributed by atoms with E-state index >= 15 is 9.13 Å². The van der Waals surface area contributed by atoms with Gasteiger partial charge < -0.3 is 47.0 Å². The zero-order valence-corrected chi connectivity index (χ0v) is 59.1. The number of hydrogen-bond acceptors (Lipinski definition) is 10. The highest BCUT2D eigenvalue weighted by atomic mass is 31.2. The van der Waals surface area contributed by atoms with Crippen LogP contribution in [0.4, 0.5) is 0 Å². The molecule has 12 heteroatoms. The highest BCUT2D eigenvalue weighted by Crippen LogP contribution is 2.60. The summed E-state index contributed by atoms with van der Waals surface area (Å²) < 4.78 is 90.1. The third kappa shape index (κ3) is 11.6. The van der Waals surface area contributed by atoms with Gasteiger partial charge in [0.2, 0.25) is 13.6 Å². The summed E-state index contributed by atoms with van der Waals surface area (Å²) in [5.74, 6) is 4.56. The van der Waals surface area contributed by atoms with Crippen LogP contribution in [0.25, 0.3) is 11.1 Å². The van der Waals surface area contributed by atoms with E-state index in [0.29, 0.717) is 66.0 Å². The van der Waals surface area contributed by atoms with Crippen molar-refractivity contribution in [1.29, 1.82) is 0 Å². The van der Waals surface area contributed by atoms with E-state index in [1.54, 1.807) is 28.4 Å². The van der Waals surface area contributed by atoms with Crippen molar-refractivity contribution in [2.45, 2.75) is 209 Å². The Balaban J connectivity index is 1.72. The highest BCUT2D eigenvalue weighted by molar-refractivity contribution is 7.86. The van der Waals surface area contributed by atoms with E-state index in [1.165, 1.54) is 0 Å². The maximum absolute atomic E-state index is 18.9. The van der Waals surface area contributed by atoms with Gasteiger partial charge in [0.15, 0.2) is 37.3 Å². The number of benzene rings is 6. The molecule has 2 heterocycles. The van der Waals surface area contributed by atoms with Gasteiger partial charge in [0.25, 0.3) is 0 Å². The zero-order chi connectivity index (χ0) is 64.4. The van der Waals surface area contributed by atoms with E-state index < -0.39 is 57.6 Å². The van der Waals surface area contributed by atoms with Gasteiger partial charge >= 0.3 is 0 Å². The number of fused-ring (bicyclic) bond motifs is 2. The first-order chi connectivity index (χ1) is 39.3. The molecule has 6 aromatic carbocycles. The highest BCUT2D eigenvalue weighted by Gasteiger charge is 2.47. The summed E-state index contributed by atoms with van der Waals surface area (Å²) in [6.07, 6.45) is 0. The molecule has 2 aliphatic heterocycles. The number of ether oxygens (including phenoxy) is 8. The summed E-state index contributed by atoms with van der Waals surface area (Å²) in [5.41, 5.74) is 4.26. The van der Waals surface area contributed by atoms with Crippen LogP contribution in [0, 0.1) is 0 Å². The average molecular weight is 1210 g/mol. The second-order valence-corrected chi connectivity index (χ2v) is 37.4. The van der Waals surface area contributed by atoms with Crippen LogP contribution in [0.1, 0.15) is 211 Å². The van der Waals surface area contributed by atoms with Crippen LogP contribution in [0.5, 0.6) is 46.0 Å². The largest absolute Gasteiger partial charge is 0.496 e. The van der Waals surface area contributed by atoms with Crippen molar-refractivity contribution in [3.05, 3.63) is 117 Å². The predicted molar refractivity (Wildman–Crippen MR) is 359 cm³/mol. The molecule has 0 aromatic heterocycles. The van der Waals surface area contributed by atoms with E-state index in [9.17, 15) is 0 Å². The number of hydrogen-bond donors (Lipinski definition) is 0. The molecule has 0 unspecified atom stereocenters. The molecule has 0 N–H and O–H groups in total. The lowest BCUT2D eigenvalue weighted by Gasteiger charge is -2.35. The van der Waals surface area contributed by atoms with E-state index in [4.69, 9.17) is 37.9 Å². The van der Waals surface area contributed by atoms with Gasteiger partial charge in [-0.2, -0.15) is 0 Å². The maximum Gasteiger partial charge on any atom is 0.231 e. The molecule has 8 rings (SSSR count). The minimum atomic E-state index is -4.31. The Morgan fingerprint density at radius 2 is 0.488 bits per heavy atom. The maximum atomic E-state index is 18.9. The zero-order valence-electron chi connectivity index (χ0n) is 57.3. The van der Waals surface area contributed by atoms with Gasteiger partial charge in [-0.25, -0.2) is 0 Å². The Hall–Kier alpha value is -5.82. The molecule has 0 spiro atoms. The Kier molecular flexibility index (Phi) is 17.0. The van der Waals surface area contributed by atoms with Crippen molar-refractivity contribution in [3.8, 4) is 57.1 Å². The van der Waals surface area contributed by atoms with Crippen LogP contribution in [0.2, 0.25) is 0 Å². The fourth-order valence-corrected chi connectivity index (χ4v) is 18.1. The van der Waals surface area contributed by atoms with Gasteiger partial charge in [-0.15, -0.1) is 0 Å². The van der Waals surface area contributed by atoms with Gasteiger partial charge in [-0.1, -0.05) is 166 Å². The number of rotatable bonds is 11. The van der Waals surface area contributed by atoms with Crippen molar-refractivity contribution >= 4 is 46.1 Å². The molecule has 466 valence electrons.